The van der Waals surface area contributed by atoms with Crippen LogP contribution < -0.4 is 5.32 Å². The van der Waals surface area contributed by atoms with Crippen LogP contribution in [-0.2, 0) is 13.5 Å². The predicted molar refractivity (Wildman–Crippen MR) is 66.8 cm³/mol. The van der Waals surface area contributed by atoms with E-state index in [9.17, 15) is 5.11 Å². The summed E-state index contributed by atoms with van der Waals surface area (Å²) in [6.45, 7) is 0. The standard InChI is InChI=1S/C13H17N3O/c1-14-12(13-15-6-7-16(13)2)9-10-4-3-5-11(17)8-10/h3-8,12,14,17H,9H2,1-2H3. The summed E-state index contributed by atoms with van der Waals surface area (Å²) < 4.78 is 2.00. The molecular weight excluding hydrogens is 214 g/mol. The van der Waals surface area contributed by atoms with Gasteiger partial charge >= 0.3 is 0 Å². The second-order valence-electron chi connectivity index (χ2n) is 4.11. The first-order valence-electron chi connectivity index (χ1n) is 5.63. The molecule has 0 bridgehead atoms. The maximum absolute atomic E-state index is 9.44. The van der Waals surface area contributed by atoms with E-state index in [1.807, 2.05) is 37.0 Å². The van der Waals surface area contributed by atoms with Crippen molar-refractivity contribution >= 4 is 0 Å². The summed E-state index contributed by atoms with van der Waals surface area (Å²) in [6.07, 6.45) is 4.53. The highest BCUT2D eigenvalue weighted by Gasteiger charge is 2.14. The van der Waals surface area contributed by atoms with Crippen molar-refractivity contribution in [2.45, 2.75) is 12.5 Å². The lowest BCUT2D eigenvalue weighted by Crippen LogP contribution is -2.22. The molecule has 2 rings (SSSR count). The third kappa shape index (κ3) is 2.65. The topological polar surface area (TPSA) is 50.1 Å². The molecule has 17 heavy (non-hydrogen) atoms. The van der Waals surface area contributed by atoms with E-state index >= 15 is 0 Å². The number of rotatable bonds is 4. The third-order valence-electron chi connectivity index (χ3n) is 2.87. The van der Waals surface area contributed by atoms with E-state index in [0.29, 0.717) is 5.75 Å². The average Bonchev–Trinajstić information content (AvgIpc) is 2.72. The highest BCUT2D eigenvalue weighted by atomic mass is 16.3. The monoisotopic (exact) mass is 231 g/mol. The van der Waals surface area contributed by atoms with Crippen LogP contribution in [0, 0.1) is 0 Å². The number of phenolic OH excluding ortho intramolecular Hbond substituents is 1. The molecule has 4 nitrogen and oxygen atoms in total. The number of nitrogens with one attached hydrogen (secondary N) is 1. The Labute approximate surface area is 101 Å². The van der Waals surface area contributed by atoms with Crippen molar-refractivity contribution in [3.05, 3.63) is 48.0 Å². The van der Waals surface area contributed by atoms with Crippen LogP contribution in [0.3, 0.4) is 0 Å². The van der Waals surface area contributed by atoms with Gasteiger partial charge in [0.15, 0.2) is 0 Å². The average molecular weight is 231 g/mol. The molecule has 1 unspecified atom stereocenters. The molecule has 0 spiro atoms. The van der Waals surface area contributed by atoms with Crippen LogP contribution in [0.2, 0.25) is 0 Å². The number of benzene rings is 1. The summed E-state index contributed by atoms with van der Waals surface area (Å²) in [5.74, 6) is 1.30. The fraction of sp³-hybridized carbons (Fsp3) is 0.308. The van der Waals surface area contributed by atoms with Crippen LogP contribution in [-0.4, -0.2) is 21.7 Å². The molecule has 0 amide bonds. The molecule has 0 radical (unpaired) electrons. The van der Waals surface area contributed by atoms with Crippen LogP contribution in [0.5, 0.6) is 5.75 Å². The van der Waals surface area contributed by atoms with Gasteiger partial charge in [0.25, 0.3) is 0 Å². The number of hydrogen-bond donors (Lipinski definition) is 2. The first-order chi connectivity index (χ1) is 8.20. The van der Waals surface area contributed by atoms with Gasteiger partial charge in [-0.05, 0) is 31.2 Å². The smallest absolute Gasteiger partial charge is 0.125 e. The molecule has 1 aromatic carbocycles. The Bertz CT molecular complexity index is 493. The number of aryl methyl sites for hydroxylation is 1. The van der Waals surface area contributed by atoms with E-state index in [4.69, 9.17) is 0 Å². The van der Waals surface area contributed by atoms with Gasteiger partial charge in [0, 0.05) is 19.4 Å². The van der Waals surface area contributed by atoms with Gasteiger partial charge in [0.2, 0.25) is 0 Å². The molecular formula is C13H17N3O. The highest BCUT2D eigenvalue weighted by molar-refractivity contribution is 5.28. The SMILES string of the molecule is CNC(Cc1cccc(O)c1)c1nccn1C. The molecule has 2 aromatic rings. The summed E-state index contributed by atoms with van der Waals surface area (Å²) in [4.78, 5) is 4.34. The van der Waals surface area contributed by atoms with Gasteiger partial charge in [-0.2, -0.15) is 0 Å². The first kappa shape index (κ1) is 11.7. The third-order valence-corrected chi connectivity index (χ3v) is 2.87. The normalized spacial score (nSPS) is 12.6. The van der Waals surface area contributed by atoms with E-state index < -0.39 is 0 Å². The molecule has 1 atom stereocenters. The van der Waals surface area contributed by atoms with Crippen molar-refractivity contribution in [1.29, 1.82) is 0 Å². The van der Waals surface area contributed by atoms with Crippen LogP contribution >= 0.6 is 0 Å². The zero-order valence-electron chi connectivity index (χ0n) is 10.1. The fourth-order valence-corrected chi connectivity index (χ4v) is 1.95. The Morgan fingerprint density at radius 2 is 2.29 bits per heavy atom. The van der Waals surface area contributed by atoms with Crippen molar-refractivity contribution in [3.63, 3.8) is 0 Å². The second-order valence-corrected chi connectivity index (χ2v) is 4.11. The molecule has 90 valence electrons. The fourth-order valence-electron chi connectivity index (χ4n) is 1.95. The number of aromatic nitrogens is 2. The van der Waals surface area contributed by atoms with Gasteiger partial charge in [-0.25, -0.2) is 4.98 Å². The molecule has 1 aromatic heterocycles. The molecule has 2 N–H and O–H groups in total. The lowest BCUT2D eigenvalue weighted by Gasteiger charge is -2.16. The number of aromatic hydroxyl groups is 1. The van der Waals surface area contributed by atoms with Crippen LogP contribution in [0.1, 0.15) is 17.4 Å². The molecule has 0 aliphatic rings. The summed E-state index contributed by atoms with van der Waals surface area (Å²) in [6, 6.07) is 7.48. The Kier molecular flexibility index (Phi) is 3.44. The Morgan fingerprint density at radius 3 is 2.88 bits per heavy atom. The lowest BCUT2D eigenvalue weighted by molar-refractivity contribution is 0.473. The minimum absolute atomic E-state index is 0.150. The van der Waals surface area contributed by atoms with E-state index in [2.05, 4.69) is 10.3 Å². The van der Waals surface area contributed by atoms with Gasteiger partial charge in [0.1, 0.15) is 11.6 Å². The highest BCUT2D eigenvalue weighted by Crippen LogP contribution is 2.19. The number of imidazole rings is 1. The molecule has 0 aliphatic heterocycles. The molecule has 0 saturated carbocycles. The van der Waals surface area contributed by atoms with E-state index in [-0.39, 0.29) is 6.04 Å². The van der Waals surface area contributed by atoms with Crippen molar-refractivity contribution in [2.75, 3.05) is 7.05 Å². The van der Waals surface area contributed by atoms with Gasteiger partial charge in [-0.3, -0.25) is 0 Å². The van der Waals surface area contributed by atoms with Crippen LogP contribution in [0.25, 0.3) is 0 Å². The summed E-state index contributed by atoms with van der Waals surface area (Å²) in [5.41, 5.74) is 1.09. The van der Waals surface area contributed by atoms with Gasteiger partial charge in [0.05, 0.1) is 6.04 Å². The minimum atomic E-state index is 0.150. The largest absolute Gasteiger partial charge is 0.508 e. The maximum Gasteiger partial charge on any atom is 0.125 e. The van der Waals surface area contributed by atoms with Crippen molar-refractivity contribution in [1.82, 2.24) is 14.9 Å². The molecule has 1 heterocycles. The Hall–Kier alpha value is -1.81. The van der Waals surface area contributed by atoms with Gasteiger partial charge in [-0.1, -0.05) is 12.1 Å². The van der Waals surface area contributed by atoms with Crippen molar-refractivity contribution < 1.29 is 5.11 Å². The number of phenols is 1. The van der Waals surface area contributed by atoms with Crippen molar-refractivity contribution in [3.8, 4) is 5.75 Å². The van der Waals surface area contributed by atoms with E-state index in [1.54, 1.807) is 18.3 Å². The number of nitrogens with zero attached hydrogens (tertiary/aromatic N) is 2. The van der Waals surface area contributed by atoms with Crippen LogP contribution in [0.4, 0.5) is 0 Å². The Balaban J connectivity index is 2.19. The van der Waals surface area contributed by atoms with E-state index in [1.165, 1.54) is 0 Å². The summed E-state index contributed by atoms with van der Waals surface area (Å²) in [5, 5.41) is 12.7. The first-order valence-corrected chi connectivity index (χ1v) is 5.63. The summed E-state index contributed by atoms with van der Waals surface area (Å²) >= 11 is 0. The Morgan fingerprint density at radius 1 is 1.47 bits per heavy atom. The molecule has 0 saturated heterocycles. The maximum atomic E-state index is 9.44. The zero-order chi connectivity index (χ0) is 12.3. The second kappa shape index (κ2) is 5.01. The van der Waals surface area contributed by atoms with E-state index in [0.717, 1.165) is 17.8 Å². The van der Waals surface area contributed by atoms with Gasteiger partial charge in [-0.15, -0.1) is 0 Å². The van der Waals surface area contributed by atoms with Crippen LogP contribution in [0.15, 0.2) is 36.7 Å². The molecule has 0 aliphatic carbocycles. The zero-order valence-corrected chi connectivity index (χ0v) is 10.1. The lowest BCUT2D eigenvalue weighted by atomic mass is 10.1. The minimum Gasteiger partial charge on any atom is -0.508 e. The quantitative estimate of drug-likeness (QED) is 0.841. The predicted octanol–water partition coefficient (Wildman–Crippen LogP) is 1.63. The van der Waals surface area contributed by atoms with Gasteiger partial charge < -0.3 is 15.0 Å². The molecule has 4 heteroatoms. The number of hydrogen-bond acceptors (Lipinski definition) is 3. The molecule has 0 fully saturated rings. The number of likely N-dealkylation sites (N-methyl/N-ethyl adjacent to an activating group) is 1. The van der Waals surface area contributed by atoms with Crippen molar-refractivity contribution in [2.24, 2.45) is 7.05 Å². The summed E-state index contributed by atoms with van der Waals surface area (Å²) in [7, 11) is 3.90.